The number of aryl methyl sites for hydroxylation is 1. The van der Waals surface area contributed by atoms with Crippen molar-refractivity contribution >= 4 is 28.5 Å². The van der Waals surface area contributed by atoms with Gasteiger partial charge in [-0.25, -0.2) is 4.68 Å². The molecule has 2 heterocycles. The van der Waals surface area contributed by atoms with E-state index >= 15 is 0 Å². The minimum absolute atomic E-state index is 0.728. The van der Waals surface area contributed by atoms with E-state index in [4.69, 9.17) is 0 Å². The summed E-state index contributed by atoms with van der Waals surface area (Å²) >= 11 is 1.93. The van der Waals surface area contributed by atoms with Gasteiger partial charge >= 0.3 is 0 Å². The maximum absolute atomic E-state index is 4.20. The van der Waals surface area contributed by atoms with Gasteiger partial charge in [0.1, 0.15) is 0 Å². The van der Waals surface area contributed by atoms with Crippen molar-refractivity contribution in [1.29, 1.82) is 0 Å². The lowest BCUT2D eigenvalue weighted by Crippen LogP contribution is -2.20. The fourth-order valence-corrected chi connectivity index (χ4v) is 1.54. The molecule has 0 aromatic carbocycles. The van der Waals surface area contributed by atoms with E-state index in [1.54, 1.807) is 15.4 Å². The zero-order chi connectivity index (χ0) is 8.55. The SMILES string of the molecule is Cn1nc2cccnn2c1=NI. The van der Waals surface area contributed by atoms with Crippen LogP contribution in [0.25, 0.3) is 5.65 Å². The summed E-state index contributed by atoms with van der Waals surface area (Å²) in [6.07, 6.45) is 1.71. The first-order valence-corrected chi connectivity index (χ1v) is 4.31. The molecule has 6 heteroatoms. The van der Waals surface area contributed by atoms with Crippen LogP contribution in [0, 0.1) is 0 Å². The van der Waals surface area contributed by atoms with Crippen molar-refractivity contribution in [3.8, 4) is 0 Å². The molecular formula is C6H6IN5. The molecule has 0 fully saturated rings. The Kier molecular flexibility index (Phi) is 1.83. The van der Waals surface area contributed by atoms with Gasteiger partial charge < -0.3 is 0 Å². The second kappa shape index (κ2) is 2.85. The molecule has 0 atom stereocenters. The molecule has 0 N–H and O–H groups in total. The third kappa shape index (κ3) is 1.02. The zero-order valence-corrected chi connectivity index (χ0v) is 8.50. The molecule has 0 aliphatic heterocycles. The van der Waals surface area contributed by atoms with Crippen LogP contribution in [0.1, 0.15) is 0 Å². The Morgan fingerprint density at radius 3 is 3.17 bits per heavy atom. The Labute approximate surface area is 82.2 Å². The van der Waals surface area contributed by atoms with E-state index in [0.717, 1.165) is 11.3 Å². The Morgan fingerprint density at radius 1 is 1.58 bits per heavy atom. The molecule has 0 saturated heterocycles. The number of aromatic nitrogens is 4. The Bertz CT molecular complexity index is 468. The highest BCUT2D eigenvalue weighted by atomic mass is 127. The lowest BCUT2D eigenvalue weighted by Gasteiger charge is -1.86. The highest BCUT2D eigenvalue weighted by Gasteiger charge is 1.99. The molecule has 2 aromatic rings. The summed E-state index contributed by atoms with van der Waals surface area (Å²) < 4.78 is 7.41. The smallest absolute Gasteiger partial charge is 0.232 e. The summed E-state index contributed by atoms with van der Waals surface area (Å²) in [7, 11) is 1.84. The summed E-state index contributed by atoms with van der Waals surface area (Å²) in [5.41, 5.74) is 1.53. The lowest BCUT2D eigenvalue weighted by molar-refractivity contribution is 0.705. The highest BCUT2D eigenvalue weighted by Crippen LogP contribution is 1.91. The van der Waals surface area contributed by atoms with Crippen molar-refractivity contribution in [3.05, 3.63) is 23.9 Å². The molecule has 0 amide bonds. The van der Waals surface area contributed by atoms with Crippen molar-refractivity contribution in [1.82, 2.24) is 19.4 Å². The molecule has 2 rings (SSSR count). The molecule has 0 aliphatic rings. The van der Waals surface area contributed by atoms with Crippen molar-refractivity contribution in [3.63, 3.8) is 0 Å². The molecule has 0 spiro atoms. The quantitative estimate of drug-likeness (QED) is 0.650. The van der Waals surface area contributed by atoms with Crippen molar-refractivity contribution in [2.75, 3.05) is 0 Å². The predicted octanol–water partition coefficient (Wildman–Crippen LogP) is 0.318. The van der Waals surface area contributed by atoms with Gasteiger partial charge in [-0.15, -0.1) is 5.10 Å². The summed E-state index contributed by atoms with van der Waals surface area (Å²) in [5.74, 6) is 0. The third-order valence-corrected chi connectivity index (χ3v) is 1.97. The van der Waals surface area contributed by atoms with Gasteiger partial charge in [-0.05, 0) is 12.1 Å². The number of hydrogen-bond acceptors (Lipinski definition) is 3. The van der Waals surface area contributed by atoms with Gasteiger partial charge in [0.15, 0.2) is 5.65 Å². The minimum atomic E-state index is 0.728. The van der Waals surface area contributed by atoms with Gasteiger partial charge in [0.05, 0.1) is 22.9 Å². The highest BCUT2D eigenvalue weighted by molar-refractivity contribution is 14.1. The van der Waals surface area contributed by atoms with E-state index in [-0.39, 0.29) is 0 Å². The second-order valence-electron chi connectivity index (χ2n) is 2.30. The van der Waals surface area contributed by atoms with Gasteiger partial charge in [-0.1, -0.05) is 0 Å². The molecule has 2 aromatic heterocycles. The fourth-order valence-electron chi connectivity index (χ4n) is 1.02. The van der Waals surface area contributed by atoms with Crippen molar-refractivity contribution in [2.24, 2.45) is 10.3 Å². The first-order valence-electron chi connectivity index (χ1n) is 3.35. The van der Waals surface area contributed by atoms with Crippen LogP contribution in [0.2, 0.25) is 0 Å². The monoisotopic (exact) mass is 275 g/mol. The molecule has 0 unspecified atom stereocenters. The van der Waals surface area contributed by atoms with E-state index in [0.29, 0.717) is 0 Å². The van der Waals surface area contributed by atoms with E-state index in [9.17, 15) is 0 Å². The molecule has 5 nitrogen and oxygen atoms in total. The number of halogens is 1. The van der Waals surface area contributed by atoms with Gasteiger partial charge in [-0.2, -0.15) is 12.8 Å². The standard InChI is InChI=1S/C6H6IN5/c1-11-6(9-7)12-5(10-11)3-2-4-8-12/h2-4H,1H3. The molecule has 12 heavy (non-hydrogen) atoms. The Hall–Kier alpha value is -0.920. The predicted molar refractivity (Wildman–Crippen MR) is 51.5 cm³/mol. The number of nitrogens with zero attached hydrogens (tertiary/aromatic N) is 5. The summed E-state index contributed by atoms with van der Waals surface area (Å²) in [6, 6.07) is 3.73. The van der Waals surface area contributed by atoms with Crippen LogP contribution in [0.4, 0.5) is 0 Å². The molecule has 0 bridgehead atoms. The lowest BCUT2D eigenvalue weighted by atomic mass is 10.6. The molecule has 0 radical (unpaired) electrons. The van der Waals surface area contributed by atoms with Crippen molar-refractivity contribution < 1.29 is 0 Å². The first kappa shape index (κ1) is 7.71. The number of fused-ring (bicyclic) bond motifs is 1. The maximum atomic E-state index is 4.20. The van der Waals surface area contributed by atoms with Gasteiger partial charge in [0.25, 0.3) is 5.62 Å². The second-order valence-corrected chi connectivity index (χ2v) is 2.78. The third-order valence-electron chi connectivity index (χ3n) is 1.54. The van der Waals surface area contributed by atoms with Crippen LogP contribution in [-0.2, 0) is 7.05 Å². The maximum Gasteiger partial charge on any atom is 0.254 e. The molecule has 0 saturated carbocycles. The fraction of sp³-hybridized carbons (Fsp3) is 0.167. The summed E-state index contributed by atoms with van der Waals surface area (Å²) in [5, 5.41) is 8.31. The van der Waals surface area contributed by atoms with E-state index < -0.39 is 0 Å². The van der Waals surface area contributed by atoms with Crippen molar-refractivity contribution in [2.45, 2.75) is 0 Å². The van der Waals surface area contributed by atoms with E-state index in [2.05, 4.69) is 13.4 Å². The van der Waals surface area contributed by atoms with E-state index in [1.807, 2.05) is 42.0 Å². The largest absolute Gasteiger partial charge is 0.254 e. The normalized spacial score (nSPS) is 12.7. The first-order chi connectivity index (χ1) is 5.83. The van der Waals surface area contributed by atoms with E-state index in [1.165, 1.54) is 0 Å². The summed E-state index contributed by atoms with van der Waals surface area (Å²) in [6.45, 7) is 0. The topological polar surface area (TPSA) is 47.5 Å². The molecule has 0 aliphatic carbocycles. The van der Waals surface area contributed by atoms with Gasteiger partial charge in [-0.3, -0.25) is 0 Å². The van der Waals surface area contributed by atoms with Crippen LogP contribution in [-0.4, -0.2) is 19.4 Å². The van der Waals surface area contributed by atoms with Crippen LogP contribution in [0.5, 0.6) is 0 Å². The average molecular weight is 275 g/mol. The Morgan fingerprint density at radius 2 is 2.42 bits per heavy atom. The van der Waals surface area contributed by atoms with Crippen LogP contribution >= 0.6 is 22.9 Å². The number of rotatable bonds is 0. The van der Waals surface area contributed by atoms with Gasteiger partial charge in [0, 0.05) is 13.2 Å². The van der Waals surface area contributed by atoms with Crippen LogP contribution in [0.3, 0.4) is 0 Å². The molecule has 62 valence electrons. The Balaban J connectivity index is 3.01. The van der Waals surface area contributed by atoms with Crippen LogP contribution in [0.15, 0.2) is 21.5 Å². The van der Waals surface area contributed by atoms with Crippen LogP contribution < -0.4 is 5.62 Å². The molecular weight excluding hydrogens is 269 g/mol. The zero-order valence-electron chi connectivity index (χ0n) is 6.35. The minimum Gasteiger partial charge on any atom is -0.232 e. The summed E-state index contributed by atoms with van der Waals surface area (Å²) in [4.78, 5) is 0. The van der Waals surface area contributed by atoms with Gasteiger partial charge in [0.2, 0.25) is 0 Å². The average Bonchev–Trinajstić information content (AvgIpc) is 2.40. The number of hydrogen-bond donors (Lipinski definition) is 0.